The maximum atomic E-state index is 13.4. The number of hydrogen-bond donors (Lipinski definition) is 0. The third-order valence-corrected chi connectivity index (χ3v) is 3.34. The van der Waals surface area contributed by atoms with Gasteiger partial charge in [-0.05, 0) is 31.2 Å². The van der Waals surface area contributed by atoms with Crippen molar-refractivity contribution in [1.29, 1.82) is 0 Å². The van der Waals surface area contributed by atoms with Crippen LogP contribution in [0.4, 0.5) is 8.78 Å². The van der Waals surface area contributed by atoms with Gasteiger partial charge in [0.1, 0.15) is 22.6 Å². The Kier molecular flexibility index (Phi) is 4.14. The molecule has 0 saturated carbocycles. The molecule has 0 bridgehead atoms. The summed E-state index contributed by atoms with van der Waals surface area (Å²) in [7, 11) is 0. The number of rotatable bonds is 3. The third kappa shape index (κ3) is 3.40. The lowest BCUT2D eigenvalue weighted by Gasteiger charge is -2.04. The molecule has 1 heterocycles. The zero-order chi connectivity index (χ0) is 13.1. The van der Waals surface area contributed by atoms with Gasteiger partial charge in [-0.15, -0.1) is 11.8 Å². The van der Waals surface area contributed by atoms with Gasteiger partial charge in [0.15, 0.2) is 0 Å². The van der Waals surface area contributed by atoms with E-state index in [1.54, 1.807) is 13.0 Å². The zero-order valence-electron chi connectivity index (χ0n) is 9.45. The van der Waals surface area contributed by atoms with Gasteiger partial charge in [-0.2, -0.15) is 0 Å². The maximum Gasteiger partial charge on any atom is 0.140 e. The molecule has 1 aromatic carbocycles. The van der Waals surface area contributed by atoms with Crippen LogP contribution in [0.3, 0.4) is 0 Å². The van der Waals surface area contributed by atoms with Gasteiger partial charge in [-0.3, -0.25) is 0 Å². The van der Waals surface area contributed by atoms with Crippen LogP contribution >= 0.6 is 23.4 Å². The molecule has 0 atom stereocenters. The summed E-state index contributed by atoms with van der Waals surface area (Å²) in [6.45, 7) is 1.80. The maximum absolute atomic E-state index is 13.4. The second-order valence-corrected chi connectivity index (χ2v) is 5.02. The summed E-state index contributed by atoms with van der Waals surface area (Å²) in [4.78, 5) is 8.42. The Hall–Kier alpha value is -1.20. The number of halogens is 3. The molecule has 0 spiro atoms. The molecule has 0 fully saturated rings. The van der Waals surface area contributed by atoms with Crippen LogP contribution in [0.1, 0.15) is 11.5 Å². The van der Waals surface area contributed by atoms with Gasteiger partial charge in [-0.1, -0.05) is 11.6 Å². The lowest BCUT2D eigenvalue weighted by atomic mass is 10.3. The van der Waals surface area contributed by atoms with Gasteiger partial charge in [0, 0.05) is 10.6 Å². The molecular weight excluding hydrogens is 278 g/mol. The van der Waals surface area contributed by atoms with Crippen LogP contribution in [0.25, 0.3) is 0 Å². The molecule has 2 rings (SSSR count). The molecule has 0 aliphatic rings. The van der Waals surface area contributed by atoms with Gasteiger partial charge < -0.3 is 0 Å². The molecule has 0 amide bonds. The summed E-state index contributed by atoms with van der Waals surface area (Å²) in [5, 5.41) is 0.345. The van der Waals surface area contributed by atoms with E-state index >= 15 is 0 Å². The summed E-state index contributed by atoms with van der Waals surface area (Å²) < 4.78 is 26.3. The summed E-state index contributed by atoms with van der Waals surface area (Å²) in [5.74, 6) is -0.0993. The Morgan fingerprint density at radius 3 is 2.72 bits per heavy atom. The van der Waals surface area contributed by atoms with Crippen molar-refractivity contribution in [3.05, 3.63) is 52.6 Å². The predicted molar refractivity (Wildman–Crippen MR) is 67.7 cm³/mol. The fraction of sp³-hybridized carbons (Fsp3) is 0.167. The van der Waals surface area contributed by atoms with Crippen molar-refractivity contribution in [2.45, 2.75) is 17.6 Å². The highest BCUT2D eigenvalue weighted by Gasteiger charge is 2.07. The zero-order valence-corrected chi connectivity index (χ0v) is 11.0. The van der Waals surface area contributed by atoms with Gasteiger partial charge in [0.2, 0.25) is 0 Å². The molecule has 18 heavy (non-hydrogen) atoms. The van der Waals surface area contributed by atoms with E-state index in [0.717, 1.165) is 35.7 Å². The Balaban J connectivity index is 2.13. The number of hydrogen-bond acceptors (Lipinski definition) is 3. The second kappa shape index (κ2) is 5.63. The van der Waals surface area contributed by atoms with E-state index in [0.29, 0.717) is 16.7 Å². The van der Waals surface area contributed by atoms with Crippen molar-refractivity contribution in [1.82, 2.24) is 9.97 Å². The number of thioether (sulfide) groups is 1. The molecule has 0 saturated heterocycles. The Morgan fingerprint density at radius 1 is 1.22 bits per heavy atom. The standard InChI is InChI=1S/C12H9ClF2N2S/c1-7-4-11(13)17-12(16-7)6-18-10-5-8(14)2-3-9(10)15/h2-5H,6H2,1H3. The smallest absolute Gasteiger partial charge is 0.140 e. The van der Waals surface area contributed by atoms with E-state index in [9.17, 15) is 8.78 Å². The van der Waals surface area contributed by atoms with Gasteiger partial charge in [0.05, 0.1) is 5.75 Å². The monoisotopic (exact) mass is 286 g/mol. The molecule has 0 N–H and O–H groups in total. The van der Waals surface area contributed by atoms with Crippen molar-refractivity contribution >= 4 is 23.4 Å². The third-order valence-electron chi connectivity index (χ3n) is 2.12. The van der Waals surface area contributed by atoms with E-state index in [2.05, 4.69) is 9.97 Å². The van der Waals surface area contributed by atoms with Crippen LogP contribution < -0.4 is 0 Å². The Bertz CT molecular complexity index is 558. The minimum atomic E-state index is -0.470. The summed E-state index contributed by atoms with van der Waals surface area (Å²) in [6.07, 6.45) is 0. The molecular formula is C12H9ClF2N2S. The van der Waals surface area contributed by atoms with Gasteiger partial charge in [-0.25, -0.2) is 18.7 Å². The molecule has 1 aromatic heterocycles. The van der Waals surface area contributed by atoms with Crippen LogP contribution in [0.5, 0.6) is 0 Å². The summed E-state index contributed by atoms with van der Waals surface area (Å²) in [6, 6.07) is 4.97. The molecule has 0 radical (unpaired) electrons. The topological polar surface area (TPSA) is 25.8 Å². The largest absolute Gasteiger partial charge is 0.237 e. The minimum Gasteiger partial charge on any atom is -0.237 e. The van der Waals surface area contributed by atoms with Crippen molar-refractivity contribution < 1.29 is 8.78 Å². The normalized spacial score (nSPS) is 10.7. The average molecular weight is 287 g/mol. The number of aryl methyl sites for hydroxylation is 1. The highest BCUT2D eigenvalue weighted by molar-refractivity contribution is 7.98. The number of nitrogens with zero attached hydrogens (tertiary/aromatic N) is 2. The highest BCUT2D eigenvalue weighted by Crippen LogP contribution is 2.25. The van der Waals surface area contributed by atoms with E-state index in [4.69, 9.17) is 11.6 Å². The fourth-order valence-corrected chi connectivity index (χ4v) is 2.45. The first-order valence-electron chi connectivity index (χ1n) is 5.12. The van der Waals surface area contributed by atoms with E-state index in [-0.39, 0.29) is 4.90 Å². The molecule has 0 aliphatic heterocycles. The first-order chi connectivity index (χ1) is 8.54. The molecule has 0 unspecified atom stereocenters. The lowest BCUT2D eigenvalue weighted by Crippen LogP contribution is -1.95. The molecule has 2 aromatic rings. The average Bonchev–Trinajstić information content (AvgIpc) is 2.29. The van der Waals surface area contributed by atoms with E-state index < -0.39 is 11.6 Å². The number of aromatic nitrogens is 2. The van der Waals surface area contributed by atoms with E-state index in [1.165, 1.54) is 0 Å². The van der Waals surface area contributed by atoms with Crippen molar-refractivity contribution in [2.24, 2.45) is 0 Å². The van der Waals surface area contributed by atoms with E-state index in [1.807, 2.05) is 0 Å². The highest BCUT2D eigenvalue weighted by atomic mass is 35.5. The summed E-state index contributed by atoms with van der Waals surface area (Å²) >= 11 is 6.93. The van der Waals surface area contributed by atoms with Crippen LogP contribution in [0.2, 0.25) is 5.15 Å². The Labute approximate surface area is 112 Å². The first kappa shape index (κ1) is 13.2. The SMILES string of the molecule is Cc1cc(Cl)nc(CSc2cc(F)ccc2F)n1. The molecule has 6 heteroatoms. The van der Waals surface area contributed by atoms with Crippen molar-refractivity contribution in [2.75, 3.05) is 0 Å². The second-order valence-electron chi connectivity index (χ2n) is 3.61. The predicted octanol–water partition coefficient (Wildman–Crippen LogP) is 4.01. The van der Waals surface area contributed by atoms with Crippen LogP contribution in [0, 0.1) is 18.6 Å². The summed E-state index contributed by atoms with van der Waals surface area (Å²) in [5.41, 5.74) is 0.741. The first-order valence-corrected chi connectivity index (χ1v) is 6.49. The lowest BCUT2D eigenvalue weighted by molar-refractivity contribution is 0.577. The molecule has 94 valence electrons. The van der Waals surface area contributed by atoms with Crippen molar-refractivity contribution in [3.8, 4) is 0 Å². The van der Waals surface area contributed by atoms with Crippen LogP contribution in [0.15, 0.2) is 29.2 Å². The van der Waals surface area contributed by atoms with Crippen molar-refractivity contribution in [3.63, 3.8) is 0 Å². The number of benzene rings is 1. The fourth-order valence-electron chi connectivity index (χ4n) is 1.38. The van der Waals surface area contributed by atoms with Crippen LogP contribution in [-0.4, -0.2) is 9.97 Å². The minimum absolute atomic E-state index is 0.233. The van der Waals surface area contributed by atoms with Crippen LogP contribution in [-0.2, 0) is 5.75 Å². The Morgan fingerprint density at radius 2 is 2.00 bits per heavy atom. The molecule has 0 aliphatic carbocycles. The molecule has 2 nitrogen and oxygen atoms in total. The van der Waals surface area contributed by atoms with Gasteiger partial charge in [0.25, 0.3) is 0 Å². The quantitative estimate of drug-likeness (QED) is 0.630. The van der Waals surface area contributed by atoms with Gasteiger partial charge >= 0.3 is 0 Å².